The molecule has 0 fully saturated rings. The van der Waals surface area contributed by atoms with Crippen LogP contribution in [-0.4, -0.2) is 28.8 Å². The van der Waals surface area contributed by atoms with E-state index in [2.05, 4.69) is 38.4 Å². The summed E-state index contributed by atoms with van der Waals surface area (Å²) in [7, 11) is 6.10. The van der Waals surface area contributed by atoms with E-state index in [0.717, 1.165) is 10.5 Å². The van der Waals surface area contributed by atoms with Crippen molar-refractivity contribution in [3.63, 3.8) is 0 Å². The quantitative estimate of drug-likeness (QED) is 0.539. The fourth-order valence-electron chi connectivity index (χ4n) is 2.83. The fourth-order valence-corrected chi connectivity index (χ4v) is 3.24. The second-order valence-electron chi connectivity index (χ2n) is 5.29. The highest BCUT2D eigenvalue weighted by Crippen LogP contribution is 2.40. The van der Waals surface area contributed by atoms with E-state index >= 15 is 0 Å². The Labute approximate surface area is 96.1 Å². The highest BCUT2D eigenvalue weighted by molar-refractivity contribution is 6.08. The molecule has 0 aliphatic carbocycles. The van der Waals surface area contributed by atoms with Crippen molar-refractivity contribution in [2.75, 3.05) is 14.1 Å². The van der Waals surface area contributed by atoms with E-state index < -0.39 is 0 Å². The number of benzene rings is 1. The molecule has 82 valence electrons. The fraction of sp³-hybridized carbons (Fsp3) is 0.538. The summed E-state index contributed by atoms with van der Waals surface area (Å²) in [5.41, 5.74) is 3.18. The van der Waals surface area contributed by atoms with E-state index in [4.69, 9.17) is 0 Å². The number of quaternary nitrogens is 1. The first-order valence-corrected chi connectivity index (χ1v) is 7.47. The van der Waals surface area contributed by atoms with Crippen LogP contribution in [0.1, 0.15) is 30.0 Å². The van der Waals surface area contributed by atoms with Crippen LogP contribution in [0.2, 0.25) is 6.04 Å². The van der Waals surface area contributed by atoms with Crippen LogP contribution in [0, 0.1) is 0 Å². The molecule has 2 rings (SSSR count). The standard InChI is InChI=1S/C13H22NSi/c1-14(2)10-11-6-3-4-7-12(11)13(14)8-5-9-15/h3-4,6-7,13H,5,8-10H2,1-2,15H3/q+1. The summed E-state index contributed by atoms with van der Waals surface area (Å²) >= 11 is 0. The zero-order chi connectivity index (χ0) is 10.9. The van der Waals surface area contributed by atoms with Crippen molar-refractivity contribution in [3.05, 3.63) is 35.4 Å². The van der Waals surface area contributed by atoms with Gasteiger partial charge in [0.2, 0.25) is 0 Å². The van der Waals surface area contributed by atoms with Crippen molar-refractivity contribution >= 4 is 10.2 Å². The van der Waals surface area contributed by atoms with Crippen molar-refractivity contribution in [3.8, 4) is 0 Å². The van der Waals surface area contributed by atoms with Crippen LogP contribution in [0.15, 0.2) is 24.3 Å². The molecule has 1 aliphatic rings. The molecule has 15 heavy (non-hydrogen) atoms. The van der Waals surface area contributed by atoms with Gasteiger partial charge in [-0.2, -0.15) is 0 Å². The van der Waals surface area contributed by atoms with Crippen LogP contribution in [0.4, 0.5) is 0 Å². The molecule has 1 heterocycles. The molecule has 0 N–H and O–H groups in total. The van der Waals surface area contributed by atoms with Gasteiger partial charge in [-0.25, -0.2) is 0 Å². The molecule has 0 amide bonds. The number of hydrogen-bond donors (Lipinski definition) is 0. The first-order chi connectivity index (χ1) is 7.15. The largest absolute Gasteiger partial charge is 0.319 e. The van der Waals surface area contributed by atoms with Crippen molar-refractivity contribution in [2.24, 2.45) is 0 Å². The first kappa shape index (κ1) is 10.9. The molecule has 0 spiro atoms. The number of hydrogen-bond acceptors (Lipinski definition) is 0. The van der Waals surface area contributed by atoms with Crippen LogP contribution in [0.3, 0.4) is 0 Å². The van der Waals surface area contributed by atoms with Crippen LogP contribution in [-0.2, 0) is 6.54 Å². The zero-order valence-electron chi connectivity index (χ0n) is 10.2. The van der Waals surface area contributed by atoms with Crippen molar-refractivity contribution in [1.82, 2.24) is 0 Å². The maximum Gasteiger partial charge on any atom is 0.115 e. The van der Waals surface area contributed by atoms with Gasteiger partial charge in [-0.15, -0.1) is 0 Å². The Morgan fingerprint density at radius 1 is 1.33 bits per heavy atom. The molecule has 0 radical (unpaired) electrons. The van der Waals surface area contributed by atoms with Gasteiger partial charge in [-0.1, -0.05) is 36.7 Å². The molecule has 1 unspecified atom stereocenters. The molecule has 1 aromatic carbocycles. The van der Waals surface area contributed by atoms with E-state index in [9.17, 15) is 0 Å². The summed E-state index contributed by atoms with van der Waals surface area (Å²) in [4.78, 5) is 0. The van der Waals surface area contributed by atoms with Crippen molar-refractivity contribution < 1.29 is 4.48 Å². The number of fused-ring (bicyclic) bond motifs is 1. The lowest BCUT2D eigenvalue weighted by Crippen LogP contribution is -2.37. The van der Waals surface area contributed by atoms with Crippen LogP contribution in [0.5, 0.6) is 0 Å². The van der Waals surface area contributed by atoms with Gasteiger partial charge >= 0.3 is 0 Å². The zero-order valence-corrected chi connectivity index (χ0v) is 12.2. The summed E-state index contributed by atoms with van der Waals surface area (Å²) in [6, 6.07) is 11.2. The van der Waals surface area contributed by atoms with Gasteiger partial charge in [0, 0.05) is 27.8 Å². The van der Waals surface area contributed by atoms with Gasteiger partial charge in [0.25, 0.3) is 0 Å². The Morgan fingerprint density at radius 2 is 2.07 bits per heavy atom. The molecule has 0 aromatic heterocycles. The minimum absolute atomic E-state index is 0.746. The summed E-state index contributed by atoms with van der Waals surface area (Å²) in [5, 5.41) is 0. The molecule has 1 atom stereocenters. The van der Waals surface area contributed by atoms with Gasteiger partial charge in [0.15, 0.2) is 0 Å². The highest BCUT2D eigenvalue weighted by atomic mass is 28.1. The van der Waals surface area contributed by atoms with Gasteiger partial charge < -0.3 is 4.48 Å². The van der Waals surface area contributed by atoms with Gasteiger partial charge in [-0.05, 0) is 0 Å². The van der Waals surface area contributed by atoms with Gasteiger partial charge in [0.1, 0.15) is 12.6 Å². The monoisotopic (exact) mass is 220 g/mol. The van der Waals surface area contributed by atoms with Crippen LogP contribution >= 0.6 is 0 Å². The predicted octanol–water partition coefficient (Wildman–Crippen LogP) is 1.88. The van der Waals surface area contributed by atoms with E-state index in [1.807, 2.05) is 0 Å². The second kappa shape index (κ2) is 4.10. The van der Waals surface area contributed by atoms with E-state index in [-0.39, 0.29) is 0 Å². The summed E-state index contributed by atoms with van der Waals surface area (Å²) in [6.07, 6.45) is 2.78. The Bertz CT molecular complexity index is 346. The third kappa shape index (κ3) is 2.01. The molecule has 1 aromatic rings. The Hall–Kier alpha value is -0.603. The van der Waals surface area contributed by atoms with Crippen LogP contribution < -0.4 is 0 Å². The minimum atomic E-state index is 0.746. The molecule has 2 heteroatoms. The van der Waals surface area contributed by atoms with Gasteiger partial charge in [0.05, 0.1) is 14.1 Å². The lowest BCUT2D eigenvalue weighted by atomic mass is 10.0. The Morgan fingerprint density at radius 3 is 2.80 bits per heavy atom. The lowest BCUT2D eigenvalue weighted by molar-refractivity contribution is -0.927. The van der Waals surface area contributed by atoms with Gasteiger partial charge in [-0.3, -0.25) is 0 Å². The molecule has 1 aliphatic heterocycles. The maximum atomic E-state index is 2.37. The molecule has 0 saturated heterocycles. The molecule has 0 bridgehead atoms. The number of rotatable bonds is 3. The molecule has 0 saturated carbocycles. The third-order valence-electron chi connectivity index (χ3n) is 3.67. The average Bonchev–Trinajstić information content (AvgIpc) is 2.45. The van der Waals surface area contributed by atoms with E-state index in [1.54, 1.807) is 11.1 Å². The normalized spacial score (nSPS) is 22.9. The van der Waals surface area contributed by atoms with Crippen LogP contribution in [0.25, 0.3) is 0 Å². The van der Waals surface area contributed by atoms with E-state index in [0.29, 0.717) is 0 Å². The van der Waals surface area contributed by atoms with E-state index in [1.165, 1.54) is 35.7 Å². The molecular formula is C13H22NSi+. The summed E-state index contributed by atoms with van der Waals surface area (Å²) in [6.45, 7) is 1.21. The highest BCUT2D eigenvalue weighted by Gasteiger charge is 2.37. The number of nitrogens with zero attached hydrogens (tertiary/aromatic N) is 1. The maximum absolute atomic E-state index is 2.37. The first-order valence-electron chi connectivity index (χ1n) is 6.05. The summed E-state index contributed by atoms with van der Waals surface area (Å²) < 4.78 is 1.15. The average molecular weight is 220 g/mol. The van der Waals surface area contributed by atoms with Crippen molar-refractivity contribution in [2.45, 2.75) is 31.5 Å². The predicted molar refractivity (Wildman–Crippen MR) is 69.0 cm³/mol. The topological polar surface area (TPSA) is 0 Å². The molecule has 1 nitrogen and oxygen atoms in total. The summed E-state index contributed by atoms with van der Waals surface area (Å²) in [5.74, 6) is 0. The lowest BCUT2D eigenvalue weighted by Gasteiger charge is -2.32. The smallest absolute Gasteiger partial charge is 0.115 e. The Kier molecular flexibility index (Phi) is 2.98. The Balaban J connectivity index is 2.26. The van der Waals surface area contributed by atoms with Crippen molar-refractivity contribution in [1.29, 1.82) is 0 Å². The minimum Gasteiger partial charge on any atom is -0.319 e. The second-order valence-corrected chi connectivity index (χ2v) is 6.29. The molecular weight excluding hydrogens is 198 g/mol. The SMILES string of the molecule is C[N+]1(C)Cc2ccccc2C1CCC[SiH3]. The third-order valence-corrected chi connectivity index (χ3v) is 4.37.